The molecule has 1 amide bonds. The first-order chi connectivity index (χ1) is 11.9. The maximum atomic E-state index is 12.4. The van der Waals surface area contributed by atoms with E-state index in [4.69, 9.17) is 0 Å². The fourth-order valence-electron chi connectivity index (χ4n) is 2.94. The Morgan fingerprint density at radius 2 is 1.92 bits per heavy atom. The number of nitrogens with zero attached hydrogens (tertiary/aromatic N) is 2. The SMILES string of the molecule is CS(=O)(=O)c1ccccc1C(=O)NCc1ccnc(N2CCCC2)c1. The number of carbonyl (C=O) groups is 1. The topological polar surface area (TPSA) is 79.4 Å². The van der Waals surface area contributed by atoms with Crippen molar-refractivity contribution in [2.75, 3.05) is 24.2 Å². The molecule has 132 valence electrons. The minimum absolute atomic E-state index is 0.0417. The summed E-state index contributed by atoms with van der Waals surface area (Å²) in [5.41, 5.74) is 1.10. The molecule has 1 N–H and O–H groups in total. The molecule has 2 heterocycles. The van der Waals surface area contributed by atoms with Crippen molar-refractivity contribution in [1.82, 2.24) is 10.3 Å². The van der Waals surface area contributed by atoms with E-state index in [0.29, 0.717) is 6.54 Å². The van der Waals surface area contributed by atoms with Crippen molar-refractivity contribution >= 4 is 21.6 Å². The molecule has 6 nitrogen and oxygen atoms in total. The van der Waals surface area contributed by atoms with Crippen molar-refractivity contribution in [3.05, 3.63) is 53.7 Å². The molecule has 0 atom stereocenters. The quantitative estimate of drug-likeness (QED) is 0.883. The van der Waals surface area contributed by atoms with Gasteiger partial charge in [0, 0.05) is 32.1 Å². The zero-order valence-electron chi connectivity index (χ0n) is 14.1. The highest BCUT2D eigenvalue weighted by molar-refractivity contribution is 7.90. The molecule has 1 saturated heterocycles. The third kappa shape index (κ3) is 4.17. The Kier molecular flexibility index (Phi) is 5.03. The normalized spacial score (nSPS) is 14.5. The van der Waals surface area contributed by atoms with E-state index in [1.807, 2.05) is 12.1 Å². The molecule has 0 unspecified atom stereocenters. The molecule has 1 aliphatic rings. The molecular formula is C18H21N3O3S. The predicted molar refractivity (Wildman–Crippen MR) is 96.4 cm³/mol. The van der Waals surface area contributed by atoms with Gasteiger partial charge in [0.15, 0.2) is 9.84 Å². The van der Waals surface area contributed by atoms with E-state index in [1.165, 1.54) is 25.0 Å². The van der Waals surface area contributed by atoms with E-state index < -0.39 is 15.7 Å². The van der Waals surface area contributed by atoms with Crippen LogP contribution >= 0.6 is 0 Å². The highest BCUT2D eigenvalue weighted by atomic mass is 32.2. The molecule has 0 aliphatic carbocycles. The average molecular weight is 359 g/mol. The van der Waals surface area contributed by atoms with Gasteiger partial charge in [0.2, 0.25) is 0 Å². The number of amides is 1. The molecule has 0 spiro atoms. The maximum absolute atomic E-state index is 12.4. The van der Waals surface area contributed by atoms with Crippen LogP contribution in [0.5, 0.6) is 0 Å². The lowest BCUT2D eigenvalue weighted by Gasteiger charge is -2.17. The number of sulfone groups is 1. The molecule has 0 saturated carbocycles. The minimum atomic E-state index is -3.46. The van der Waals surface area contributed by atoms with Gasteiger partial charge in [-0.15, -0.1) is 0 Å². The average Bonchev–Trinajstić information content (AvgIpc) is 3.14. The van der Waals surface area contributed by atoms with Crippen molar-refractivity contribution in [1.29, 1.82) is 0 Å². The number of hydrogen-bond acceptors (Lipinski definition) is 5. The van der Waals surface area contributed by atoms with Crippen LogP contribution in [0.3, 0.4) is 0 Å². The zero-order valence-corrected chi connectivity index (χ0v) is 14.9. The van der Waals surface area contributed by atoms with Crippen LogP contribution < -0.4 is 10.2 Å². The number of anilines is 1. The van der Waals surface area contributed by atoms with Crippen LogP contribution in [0.25, 0.3) is 0 Å². The molecule has 1 aromatic carbocycles. The Morgan fingerprint density at radius 1 is 1.20 bits per heavy atom. The third-order valence-electron chi connectivity index (χ3n) is 4.22. The number of benzene rings is 1. The standard InChI is InChI=1S/C18H21N3O3S/c1-25(23,24)16-7-3-2-6-15(16)18(22)20-13-14-8-9-19-17(12-14)21-10-4-5-11-21/h2-3,6-9,12H,4-5,10-11,13H2,1H3,(H,20,22). The highest BCUT2D eigenvalue weighted by Crippen LogP contribution is 2.19. The number of carbonyl (C=O) groups excluding carboxylic acids is 1. The van der Waals surface area contributed by atoms with Gasteiger partial charge in [-0.25, -0.2) is 13.4 Å². The van der Waals surface area contributed by atoms with Crippen molar-refractivity contribution < 1.29 is 13.2 Å². The Bertz CT molecular complexity index is 875. The van der Waals surface area contributed by atoms with Crippen molar-refractivity contribution in [2.24, 2.45) is 0 Å². The summed E-state index contributed by atoms with van der Waals surface area (Å²) >= 11 is 0. The molecule has 1 aliphatic heterocycles. The molecule has 0 bridgehead atoms. The number of nitrogens with one attached hydrogen (secondary N) is 1. The van der Waals surface area contributed by atoms with E-state index in [9.17, 15) is 13.2 Å². The van der Waals surface area contributed by atoms with Gasteiger partial charge in [-0.3, -0.25) is 4.79 Å². The summed E-state index contributed by atoms with van der Waals surface area (Å²) in [6, 6.07) is 10.0. The summed E-state index contributed by atoms with van der Waals surface area (Å²) in [5, 5.41) is 2.80. The second-order valence-electron chi connectivity index (χ2n) is 6.17. The van der Waals surface area contributed by atoms with Gasteiger partial charge in [0.1, 0.15) is 5.82 Å². The lowest BCUT2D eigenvalue weighted by atomic mass is 10.2. The van der Waals surface area contributed by atoms with Crippen LogP contribution in [0.15, 0.2) is 47.5 Å². The summed E-state index contributed by atoms with van der Waals surface area (Å²) in [6.45, 7) is 2.33. The molecule has 1 fully saturated rings. The van der Waals surface area contributed by atoms with Crippen molar-refractivity contribution in [3.63, 3.8) is 0 Å². The van der Waals surface area contributed by atoms with Crippen LogP contribution in [0, 0.1) is 0 Å². The fraction of sp³-hybridized carbons (Fsp3) is 0.333. The summed E-state index contributed by atoms with van der Waals surface area (Å²) in [4.78, 5) is 19.1. The third-order valence-corrected chi connectivity index (χ3v) is 5.38. The van der Waals surface area contributed by atoms with Gasteiger partial charge in [-0.05, 0) is 42.7 Å². The van der Waals surface area contributed by atoms with E-state index in [2.05, 4.69) is 15.2 Å². The first-order valence-corrected chi connectivity index (χ1v) is 10.1. The van der Waals surface area contributed by atoms with E-state index in [1.54, 1.807) is 18.3 Å². The number of hydrogen-bond donors (Lipinski definition) is 1. The maximum Gasteiger partial charge on any atom is 0.252 e. The van der Waals surface area contributed by atoms with Crippen molar-refractivity contribution in [3.8, 4) is 0 Å². The summed E-state index contributed by atoms with van der Waals surface area (Å²) in [7, 11) is -3.46. The van der Waals surface area contributed by atoms with Gasteiger partial charge >= 0.3 is 0 Å². The van der Waals surface area contributed by atoms with Gasteiger partial charge < -0.3 is 10.2 Å². The molecule has 0 radical (unpaired) electrons. The van der Waals surface area contributed by atoms with Crippen LogP contribution in [0.1, 0.15) is 28.8 Å². The molecule has 3 rings (SSSR count). The monoisotopic (exact) mass is 359 g/mol. The van der Waals surface area contributed by atoms with E-state index >= 15 is 0 Å². The van der Waals surface area contributed by atoms with Crippen molar-refractivity contribution in [2.45, 2.75) is 24.3 Å². The lowest BCUT2D eigenvalue weighted by Crippen LogP contribution is -2.25. The predicted octanol–water partition coefficient (Wildman–Crippen LogP) is 2.02. The molecule has 25 heavy (non-hydrogen) atoms. The molecular weight excluding hydrogens is 338 g/mol. The number of aromatic nitrogens is 1. The van der Waals surface area contributed by atoms with Crippen LogP contribution in [0.2, 0.25) is 0 Å². The Balaban J connectivity index is 1.72. The summed E-state index contributed by atoms with van der Waals surface area (Å²) in [6.07, 6.45) is 5.18. The number of pyridine rings is 1. The second kappa shape index (κ2) is 7.23. The smallest absolute Gasteiger partial charge is 0.252 e. The summed E-state index contributed by atoms with van der Waals surface area (Å²) in [5.74, 6) is 0.515. The summed E-state index contributed by atoms with van der Waals surface area (Å²) < 4.78 is 23.7. The zero-order chi connectivity index (χ0) is 17.9. The Morgan fingerprint density at radius 3 is 2.64 bits per heavy atom. The molecule has 2 aromatic rings. The number of rotatable bonds is 5. The minimum Gasteiger partial charge on any atom is -0.357 e. The van der Waals surface area contributed by atoms with Gasteiger partial charge in [0.25, 0.3) is 5.91 Å². The van der Waals surface area contributed by atoms with Crippen LogP contribution in [-0.2, 0) is 16.4 Å². The molecule has 7 heteroatoms. The van der Waals surface area contributed by atoms with Gasteiger partial charge in [-0.2, -0.15) is 0 Å². The largest absolute Gasteiger partial charge is 0.357 e. The molecule has 1 aromatic heterocycles. The fourth-order valence-corrected chi connectivity index (χ4v) is 3.83. The highest BCUT2D eigenvalue weighted by Gasteiger charge is 2.18. The Labute approximate surface area is 147 Å². The van der Waals surface area contributed by atoms with Gasteiger partial charge in [-0.1, -0.05) is 12.1 Å². The first-order valence-electron chi connectivity index (χ1n) is 8.22. The van der Waals surface area contributed by atoms with E-state index in [-0.39, 0.29) is 10.5 Å². The first kappa shape index (κ1) is 17.4. The van der Waals surface area contributed by atoms with Crippen LogP contribution in [-0.4, -0.2) is 38.7 Å². The van der Waals surface area contributed by atoms with Gasteiger partial charge in [0.05, 0.1) is 10.5 Å². The lowest BCUT2D eigenvalue weighted by molar-refractivity contribution is 0.0947. The van der Waals surface area contributed by atoms with E-state index in [0.717, 1.165) is 30.7 Å². The Hall–Kier alpha value is -2.41. The van der Waals surface area contributed by atoms with Crippen LogP contribution in [0.4, 0.5) is 5.82 Å². The second-order valence-corrected chi connectivity index (χ2v) is 8.15.